The first kappa shape index (κ1) is 12.2. The first-order chi connectivity index (χ1) is 7.69. The summed E-state index contributed by atoms with van der Waals surface area (Å²) in [4.78, 5) is 18.7. The number of hydrogen-bond acceptors (Lipinski definition) is 4. The number of carbonyl (C=O) groups excluding carboxylic acids is 1. The summed E-state index contributed by atoms with van der Waals surface area (Å²) in [6, 6.07) is 1.89. The number of nitrogens with zero attached hydrogens (tertiary/aromatic N) is 4. The monoisotopic (exact) mass is 220 g/mol. The van der Waals surface area contributed by atoms with Crippen molar-refractivity contribution in [2.24, 2.45) is 4.99 Å². The van der Waals surface area contributed by atoms with Crippen molar-refractivity contribution in [1.82, 2.24) is 9.80 Å². The summed E-state index contributed by atoms with van der Waals surface area (Å²) in [7, 11) is 3.69. The number of aldehydes is 1. The van der Waals surface area contributed by atoms with Crippen molar-refractivity contribution in [1.29, 1.82) is 5.26 Å². The van der Waals surface area contributed by atoms with Gasteiger partial charge < -0.3 is 9.80 Å². The van der Waals surface area contributed by atoms with Crippen LogP contribution in [0.2, 0.25) is 0 Å². The molecule has 5 heteroatoms. The first-order valence-electron chi connectivity index (χ1n) is 5.24. The van der Waals surface area contributed by atoms with Crippen molar-refractivity contribution in [2.75, 3.05) is 27.2 Å². The van der Waals surface area contributed by atoms with E-state index in [1.807, 2.05) is 25.1 Å². The van der Waals surface area contributed by atoms with Crippen LogP contribution in [0.15, 0.2) is 16.4 Å². The molecule has 0 amide bonds. The lowest BCUT2D eigenvalue weighted by Crippen LogP contribution is -2.20. The van der Waals surface area contributed by atoms with E-state index in [2.05, 4.69) is 4.99 Å². The van der Waals surface area contributed by atoms with Crippen LogP contribution in [0.1, 0.15) is 12.8 Å². The summed E-state index contributed by atoms with van der Waals surface area (Å²) in [5, 5.41) is 8.87. The van der Waals surface area contributed by atoms with Gasteiger partial charge in [-0.15, -0.1) is 0 Å². The van der Waals surface area contributed by atoms with Gasteiger partial charge in [-0.25, -0.2) is 4.99 Å². The molecule has 1 aliphatic heterocycles. The fraction of sp³-hybridized carbons (Fsp3) is 0.545. The molecule has 1 aliphatic rings. The van der Waals surface area contributed by atoms with E-state index in [9.17, 15) is 4.79 Å². The van der Waals surface area contributed by atoms with E-state index in [-0.39, 0.29) is 5.57 Å². The van der Waals surface area contributed by atoms with E-state index in [1.54, 1.807) is 11.2 Å². The zero-order valence-electron chi connectivity index (χ0n) is 9.68. The highest BCUT2D eigenvalue weighted by Gasteiger charge is 2.17. The SMILES string of the molecule is CN(C)/C=N/C(=C(\C#N)C=O)N1CCCC1. The maximum Gasteiger partial charge on any atom is 0.164 e. The van der Waals surface area contributed by atoms with Gasteiger partial charge in [-0.2, -0.15) is 5.26 Å². The van der Waals surface area contributed by atoms with Gasteiger partial charge >= 0.3 is 0 Å². The van der Waals surface area contributed by atoms with E-state index in [1.165, 1.54) is 0 Å². The maximum absolute atomic E-state index is 10.8. The molecule has 1 saturated heterocycles. The third-order valence-corrected chi connectivity index (χ3v) is 2.30. The molecule has 0 saturated carbocycles. The molecule has 0 bridgehead atoms. The molecule has 0 aromatic carbocycles. The molecule has 1 rings (SSSR count). The number of allylic oxidation sites excluding steroid dienone is 1. The van der Waals surface area contributed by atoms with Gasteiger partial charge in [-0.3, -0.25) is 4.79 Å². The van der Waals surface area contributed by atoms with Crippen LogP contribution in [0, 0.1) is 11.3 Å². The fourth-order valence-electron chi connectivity index (χ4n) is 1.55. The van der Waals surface area contributed by atoms with Crippen LogP contribution in [0.4, 0.5) is 0 Å². The number of aliphatic imine (C=N–C) groups is 1. The molecular formula is C11H16N4O. The van der Waals surface area contributed by atoms with E-state index in [4.69, 9.17) is 5.26 Å². The van der Waals surface area contributed by atoms with Crippen molar-refractivity contribution in [2.45, 2.75) is 12.8 Å². The van der Waals surface area contributed by atoms with E-state index in [0.717, 1.165) is 25.9 Å². The Bertz CT molecular complexity index is 345. The van der Waals surface area contributed by atoms with Crippen molar-refractivity contribution in [3.05, 3.63) is 11.4 Å². The van der Waals surface area contributed by atoms with E-state index in [0.29, 0.717) is 12.1 Å². The van der Waals surface area contributed by atoms with Gasteiger partial charge in [0.1, 0.15) is 11.6 Å². The lowest BCUT2D eigenvalue weighted by atomic mass is 10.3. The standard InChI is InChI=1S/C11H16N4O/c1-14(2)9-13-11(10(7-12)8-16)15-5-3-4-6-15/h8-9H,3-6H2,1-2H3/b11-10-,13-9+. The molecular weight excluding hydrogens is 204 g/mol. The lowest BCUT2D eigenvalue weighted by Gasteiger charge is -2.18. The Labute approximate surface area is 95.7 Å². The smallest absolute Gasteiger partial charge is 0.164 e. The Morgan fingerprint density at radius 3 is 2.50 bits per heavy atom. The number of hydrogen-bond donors (Lipinski definition) is 0. The molecule has 0 radical (unpaired) electrons. The molecule has 0 N–H and O–H groups in total. The van der Waals surface area contributed by atoms with Gasteiger partial charge in [0.2, 0.25) is 0 Å². The number of rotatable bonds is 4. The minimum atomic E-state index is 0.0972. The quantitative estimate of drug-likeness (QED) is 0.229. The summed E-state index contributed by atoms with van der Waals surface area (Å²) < 4.78 is 0. The van der Waals surface area contributed by atoms with Crippen LogP contribution >= 0.6 is 0 Å². The van der Waals surface area contributed by atoms with Crippen LogP contribution in [0.5, 0.6) is 0 Å². The second-order valence-electron chi connectivity index (χ2n) is 3.87. The average Bonchev–Trinajstić information content (AvgIpc) is 2.77. The summed E-state index contributed by atoms with van der Waals surface area (Å²) in [5.41, 5.74) is 0.0972. The van der Waals surface area contributed by atoms with Crippen LogP contribution in [0.25, 0.3) is 0 Å². The van der Waals surface area contributed by atoms with E-state index < -0.39 is 0 Å². The Kier molecular flexibility index (Phi) is 4.52. The Hall–Kier alpha value is -1.83. The predicted octanol–water partition coefficient (Wildman–Crippen LogP) is 0.606. The van der Waals surface area contributed by atoms with Gasteiger partial charge in [0.25, 0.3) is 0 Å². The molecule has 0 spiro atoms. The predicted molar refractivity (Wildman–Crippen MR) is 61.7 cm³/mol. The molecule has 0 aromatic rings. The van der Waals surface area contributed by atoms with Crippen LogP contribution < -0.4 is 0 Å². The second-order valence-corrected chi connectivity index (χ2v) is 3.87. The van der Waals surface area contributed by atoms with Crippen molar-refractivity contribution < 1.29 is 4.79 Å². The topological polar surface area (TPSA) is 59.7 Å². The van der Waals surface area contributed by atoms with Gasteiger partial charge in [-0.05, 0) is 12.8 Å². The normalized spacial score (nSPS) is 17.2. The minimum absolute atomic E-state index is 0.0972. The van der Waals surface area contributed by atoms with E-state index >= 15 is 0 Å². The lowest BCUT2D eigenvalue weighted by molar-refractivity contribution is -0.104. The van der Waals surface area contributed by atoms with Crippen LogP contribution in [-0.2, 0) is 4.79 Å². The largest absolute Gasteiger partial charge is 0.369 e. The molecule has 0 aliphatic carbocycles. The summed E-state index contributed by atoms with van der Waals surface area (Å²) >= 11 is 0. The zero-order chi connectivity index (χ0) is 12.0. The molecule has 0 aromatic heterocycles. The number of likely N-dealkylation sites (tertiary alicyclic amines) is 1. The van der Waals surface area contributed by atoms with Crippen LogP contribution in [-0.4, -0.2) is 49.6 Å². The minimum Gasteiger partial charge on any atom is -0.369 e. The van der Waals surface area contributed by atoms with Gasteiger partial charge in [0, 0.05) is 27.2 Å². The fourth-order valence-corrected chi connectivity index (χ4v) is 1.55. The molecule has 5 nitrogen and oxygen atoms in total. The Morgan fingerprint density at radius 1 is 1.44 bits per heavy atom. The summed E-state index contributed by atoms with van der Waals surface area (Å²) in [5.74, 6) is 0.490. The van der Waals surface area contributed by atoms with Gasteiger partial charge in [-0.1, -0.05) is 0 Å². The van der Waals surface area contributed by atoms with Crippen molar-refractivity contribution in [3.63, 3.8) is 0 Å². The molecule has 0 atom stereocenters. The maximum atomic E-state index is 10.8. The van der Waals surface area contributed by atoms with Crippen molar-refractivity contribution in [3.8, 4) is 6.07 Å². The highest BCUT2D eigenvalue weighted by molar-refractivity contribution is 5.80. The molecule has 16 heavy (non-hydrogen) atoms. The molecule has 1 heterocycles. The number of nitriles is 1. The summed E-state index contributed by atoms with van der Waals surface area (Å²) in [6.07, 6.45) is 4.34. The highest BCUT2D eigenvalue weighted by Crippen LogP contribution is 2.17. The zero-order valence-corrected chi connectivity index (χ0v) is 9.68. The Morgan fingerprint density at radius 2 is 2.06 bits per heavy atom. The average molecular weight is 220 g/mol. The Balaban J connectivity index is 2.97. The first-order valence-corrected chi connectivity index (χ1v) is 5.24. The second kappa shape index (κ2) is 5.91. The third-order valence-electron chi connectivity index (χ3n) is 2.30. The van der Waals surface area contributed by atoms with Gasteiger partial charge in [0.15, 0.2) is 12.1 Å². The third kappa shape index (κ3) is 3.09. The summed E-state index contributed by atoms with van der Waals surface area (Å²) in [6.45, 7) is 1.72. The van der Waals surface area contributed by atoms with Crippen molar-refractivity contribution >= 4 is 12.6 Å². The van der Waals surface area contributed by atoms with Gasteiger partial charge in [0.05, 0.1) is 6.34 Å². The molecule has 1 fully saturated rings. The number of carbonyl (C=O) groups is 1. The molecule has 86 valence electrons. The molecule has 0 unspecified atom stereocenters. The van der Waals surface area contributed by atoms with Crippen LogP contribution in [0.3, 0.4) is 0 Å². The highest BCUT2D eigenvalue weighted by atomic mass is 16.1.